The van der Waals surface area contributed by atoms with E-state index in [0.717, 1.165) is 35.8 Å². The van der Waals surface area contributed by atoms with Gasteiger partial charge in [-0.25, -0.2) is 4.98 Å². The van der Waals surface area contributed by atoms with Gasteiger partial charge in [-0.2, -0.15) is 0 Å². The van der Waals surface area contributed by atoms with Crippen LogP contribution in [0.5, 0.6) is 0 Å². The van der Waals surface area contributed by atoms with Crippen molar-refractivity contribution in [3.8, 4) is 11.3 Å². The van der Waals surface area contributed by atoms with Crippen molar-refractivity contribution >= 4 is 42.1 Å². The fourth-order valence-electron chi connectivity index (χ4n) is 2.44. The summed E-state index contributed by atoms with van der Waals surface area (Å²) in [5.41, 5.74) is 3.88. The highest BCUT2D eigenvalue weighted by Crippen LogP contribution is 2.22. The molecule has 2 heterocycles. The number of halogens is 2. The molecule has 0 saturated heterocycles. The Hall–Kier alpha value is -1.40. The molecule has 0 spiro atoms. The smallest absolute Gasteiger partial charge is 0.251 e. The van der Waals surface area contributed by atoms with Crippen molar-refractivity contribution in [2.75, 3.05) is 19.6 Å². The number of benzene rings is 1. The van der Waals surface area contributed by atoms with Gasteiger partial charge in [0.05, 0.1) is 10.7 Å². The molecule has 3 rings (SSSR count). The Morgan fingerprint density at radius 1 is 1.38 bits per heavy atom. The number of aryl methyl sites for hydroxylation is 1. The molecule has 0 saturated carbocycles. The Labute approximate surface area is 158 Å². The maximum atomic E-state index is 12.3. The van der Waals surface area contributed by atoms with Gasteiger partial charge in [-0.3, -0.25) is 4.79 Å². The van der Waals surface area contributed by atoms with Crippen LogP contribution in [0.3, 0.4) is 0 Å². The van der Waals surface area contributed by atoms with E-state index in [9.17, 15) is 4.79 Å². The molecule has 1 amide bonds. The Bertz CT molecular complexity index is 715. The first-order valence-electron chi connectivity index (χ1n) is 7.42. The summed E-state index contributed by atoms with van der Waals surface area (Å²) in [4.78, 5) is 16.8. The third kappa shape index (κ3) is 5.31. The number of amides is 1. The number of carbonyl (C=O) groups is 1. The van der Waals surface area contributed by atoms with E-state index in [1.54, 1.807) is 11.3 Å². The molecule has 2 N–H and O–H groups in total. The van der Waals surface area contributed by atoms with Gasteiger partial charge in [0.1, 0.15) is 0 Å². The second-order valence-electron chi connectivity index (χ2n) is 5.33. The number of carbonyl (C=O) groups excluding carboxylic acids is 1. The van der Waals surface area contributed by atoms with E-state index in [1.807, 2.05) is 36.6 Å². The Morgan fingerprint density at radius 3 is 2.88 bits per heavy atom. The monoisotopic (exact) mass is 385 g/mol. The van der Waals surface area contributed by atoms with Crippen molar-refractivity contribution in [2.45, 2.75) is 13.3 Å². The van der Waals surface area contributed by atoms with Crippen LogP contribution in [0, 0.1) is 6.92 Å². The van der Waals surface area contributed by atoms with E-state index in [1.165, 1.54) is 5.57 Å². The highest BCUT2D eigenvalue weighted by molar-refractivity contribution is 7.09. The van der Waals surface area contributed by atoms with Crippen molar-refractivity contribution in [3.05, 3.63) is 51.9 Å². The van der Waals surface area contributed by atoms with Crippen LogP contribution in [0.4, 0.5) is 0 Å². The first-order valence-corrected chi connectivity index (χ1v) is 8.30. The van der Waals surface area contributed by atoms with Crippen LogP contribution in [0.1, 0.15) is 21.8 Å². The minimum absolute atomic E-state index is 0. The fraction of sp³-hybridized carbons (Fsp3) is 0.294. The Balaban J connectivity index is 0.00000144. The molecule has 0 bridgehead atoms. The van der Waals surface area contributed by atoms with Gasteiger partial charge < -0.3 is 10.6 Å². The van der Waals surface area contributed by atoms with Gasteiger partial charge in [0, 0.05) is 29.6 Å². The lowest BCUT2D eigenvalue weighted by Crippen LogP contribution is -2.29. The molecule has 1 aliphatic heterocycles. The molecule has 0 unspecified atom stereocenters. The molecule has 24 heavy (non-hydrogen) atoms. The molecule has 0 fully saturated rings. The summed E-state index contributed by atoms with van der Waals surface area (Å²) in [6, 6.07) is 7.64. The molecule has 130 valence electrons. The molecular weight excluding hydrogens is 365 g/mol. The van der Waals surface area contributed by atoms with Gasteiger partial charge in [-0.15, -0.1) is 36.2 Å². The summed E-state index contributed by atoms with van der Waals surface area (Å²) in [5.74, 6) is -0.0340. The van der Waals surface area contributed by atoms with Gasteiger partial charge >= 0.3 is 0 Å². The Kier molecular flexibility index (Phi) is 8.42. The van der Waals surface area contributed by atoms with Crippen molar-refractivity contribution in [1.29, 1.82) is 0 Å². The number of nitrogens with zero attached hydrogens (tertiary/aromatic N) is 1. The van der Waals surface area contributed by atoms with E-state index >= 15 is 0 Å². The zero-order chi connectivity index (χ0) is 15.4. The first-order chi connectivity index (χ1) is 10.7. The zero-order valence-electron chi connectivity index (χ0n) is 13.4. The van der Waals surface area contributed by atoms with Gasteiger partial charge in [-0.1, -0.05) is 23.8 Å². The lowest BCUT2D eigenvalue weighted by molar-refractivity contribution is 0.0956. The van der Waals surface area contributed by atoms with Crippen molar-refractivity contribution in [2.24, 2.45) is 0 Å². The molecule has 1 aromatic carbocycles. The topological polar surface area (TPSA) is 54.0 Å². The number of hydrogen-bond acceptors (Lipinski definition) is 4. The largest absolute Gasteiger partial charge is 0.348 e. The quantitative estimate of drug-likeness (QED) is 0.790. The van der Waals surface area contributed by atoms with Crippen molar-refractivity contribution < 1.29 is 4.79 Å². The second kappa shape index (κ2) is 9.79. The highest BCUT2D eigenvalue weighted by Gasteiger charge is 2.10. The van der Waals surface area contributed by atoms with Crippen molar-refractivity contribution in [1.82, 2.24) is 15.6 Å². The summed E-state index contributed by atoms with van der Waals surface area (Å²) in [5, 5.41) is 9.32. The van der Waals surface area contributed by atoms with E-state index in [2.05, 4.69) is 21.7 Å². The standard InChI is InChI=1S/C17H19N3OS.2ClH/c1-12-20-16(11-22-12)14-3-2-4-15(9-14)17(21)19-10-13-5-7-18-8-6-13;;/h2-5,9,11,18H,6-8,10H2,1H3,(H,19,21);2*1H. The summed E-state index contributed by atoms with van der Waals surface area (Å²) in [6.07, 6.45) is 3.15. The number of aromatic nitrogens is 1. The number of nitrogens with one attached hydrogen (secondary N) is 2. The maximum Gasteiger partial charge on any atom is 0.251 e. The average Bonchev–Trinajstić information content (AvgIpc) is 3.00. The van der Waals surface area contributed by atoms with Gasteiger partial charge in [0.2, 0.25) is 0 Å². The molecule has 0 atom stereocenters. The summed E-state index contributed by atoms with van der Waals surface area (Å²) >= 11 is 1.62. The molecule has 7 heteroatoms. The summed E-state index contributed by atoms with van der Waals surface area (Å²) < 4.78 is 0. The average molecular weight is 386 g/mol. The van der Waals surface area contributed by atoms with Crippen LogP contribution in [-0.4, -0.2) is 30.5 Å². The van der Waals surface area contributed by atoms with Gasteiger partial charge in [0.15, 0.2) is 0 Å². The predicted octanol–water partition coefficient (Wildman–Crippen LogP) is 3.61. The first kappa shape index (κ1) is 20.6. The summed E-state index contributed by atoms with van der Waals surface area (Å²) in [7, 11) is 0. The third-order valence-electron chi connectivity index (χ3n) is 3.67. The summed E-state index contributed by atoms with van der Waals surface area (Å²) in [6.45, 7) is 4.49. The highest BCUT2D eigenvalue weighted by atomic mass is 35.5. The van der Waals surface area contributed by atoms with Crippen LogP contribution < -0.4 is 10.6 Å². The van der Waals surface area contributed by atoms with Crippen LogP contribution in [0.2, 0.25) is 0 Å². The lowest BCUT2D eigenvalue weighted by Gasteiger charge is -2.14. The SMILES string of the molecule is Cc1nc(-c2cccc(C(=O)NCC3=CCNCC3)c2)cs1.Cl.Cl. The van der Waals surface area contributed by atoms with E-state index in [4.69, 9.17) is 0 Å². The fourth-order valence-corrected chi connectivity index (χ4v) is 3.06. The third-order valence-corrected chi connectivity index (χ3v) is 4.45. The minimum Gasteiger partial charge on any atom is -0.348 e. The number of hydrogen-bond donors (Lipinski definition) is 2. The van der Waals surface area contributed by atoms with E-state index in [0.29, 0.717) is 12.1 Å². The number of rotatable bonds is 4. The predicted molar refractivity (Wildman–Crippen MR) is 105 cm³/mol. The van der Waals surface area contributed by atoms with Crippen LogP contribution in [-0.2, 0) is 0 Å². The minimum atomic E-state index is -0.0340. The van der Waals surface area contributed by atoms with E-state index < -0.39 is 0 Å². The molecule has 0 radical (unpaired) electrons. The maximum absolute atomic E-state index is 12.3. The van der Waals surface area contributed by atoms with Crippen molar-refractivity contribution in [3.63, 3.8) is 0 Å². The van der Waals surface area contributed by atoms with E-state index in [-0.39, 0.29) is 30.7 Å². The molecule has 4 nitrogen and oxygen atoms in total. The van der Waals surface area contributed by atoms with Gasteiger partial charge in [0.25, 0.3) is 5.91 Å². The lowest BCUT2D eigenvalue weighted by atomic mass is 10.1. The van der Waals surface area contributed by atoms with Crippen LogP contribution in [0.25, 0.3) is 11.3 Å². The molecule has 0 aliphatic carbocycles. The zero-order valence-corrected chi connectivity index (χ0v) is 15.8. The molecule has 1 aromatic heterocycles. The number of thiazole rings is 1. The molecule has 2 aromatic rings. The van der Waals surface area contributed by atoms with Crippen LogP contribution in [0.15, 0.2) is 41.3 Å². The molecule has 1 aliphatic rings. The molecular formula is C17H21Cl2N3OS. The van der Waals surface area contributed by atoms with Gasteiger partial charge in [-0.05, 0) is 32.0 Å². The normalized spacial score (nSPS) is 13.3. The Morgan fingerprint density at radius 2 is 2.21 bits per heavy atom. The second-order valence-corrected chi connectivity index (χ2v) is 6.39. The van der Waals surface area contributed by atoms with Crippen LogP contribution >= 0.6 is 36.2 Å².